The van der Waals surface area contributed by atoms with Crippen LogP contribution in [0.15, 0.2) is 16.8 Å². The molecule has 0 aliphatic rings. The van der Waals surface area contributed by atoms with Crippen LogP contribution in [0.2, 0.25) is 0 Å². The number of carbonyl (C=O) groups excluding carboxylic acids is 1. The Morgan fingerprint density at radius 3 is 2.71 bits per heavy atom. The second-order valence-corrected chi connectivity index (χ2v) is 6.49. The van der Waals surface area contributed by atoms with Crippen LogP contribution >= 0.6 is 22.7 Å². The number of aryl methyl sites for hydroxylation is 3. The molecule has 2 N–H and O–H groups in total. The molecule has 0 aliphatic carbocycles. The third-order valence-electron chi connectivity index (χ3n) is 3.14. The van der Waals surface area contributed by atoms with Crippen molar-refractivity contribution in [1.82, 2.24) is 15.2 Å². The lowest BCUT2D eigenvalue weighted by Gasteiger charge is -2.03. The van der Waals surface area contributed by atoms with Gasteiger partial charge in [-0.3, -0.25) is 9.89 Å². The minimum absolute atomic E-state index is 0.140. The standard InChI is InChI=1S/C14H14N4OS2/c1-7-11(8(2)18-17-7)16-13(19)12-9(3)15-14(21-12)10-4-5-20-6-10/h4-6H,1-3H3,(H,16,19)(H,17,18). The molecule has 3 rings (SSSR count). The van der Waals surface area contributed by atoms with E-state index in [4.69, 9.17) is 0 Å². The molecule has 0 spiro atoms. The molecular weight excluding hydrogens is 304 g/mol. The van der Waals surface area contributed by atoms with Crippen LogP contribution in [-0.2, 0) is 0 Å². The Kier molecular flexibility index (Phi) is 3.60. The molecule has 108 valence electrons. The first-order chi connectivity index (χ1) is 10.1. The van der Waals surface area contributed by atoms with Crippen molar-refractivity contribution in [1.29, 1.82) is 0 Å². The fourth-order valence-corrected chi connectivity index (χ4v) is 3.70. The highest BCUT2D eigenvalue weighted by Crippen LogP contribution is 2.30. The normalized spacial score (nSPS) is 10.8. The smallest absolute Gasteiger partial charge is 0.267 e. The predicted molar refractivity (Wildman–Crippen MR) is 86.2 cm³/mol. The lowest BCUT2D eigenvalue weighted by atomic mass is 10.3. The fraction of sp³-hybridized carbons (Fsp3) is 0.214. The van der Waals surface area contributed by atoms with Gasteiger partial charge in [-0.25, -0.2) is 4.98 Å². The van der Waals surface area contributed by atoms with Gasteiger partial charge in [-0.15, -0.1) is 11.3 Å². The van der Waals surface area contributed by atoms with Gasteiger partial charge in [-0.05, 0) is 32.2 Å². The number of hydrogen-bond donors (Lipinski definition) is 2. The van der Waals surface area contributed by atoms with Gasteiger partial charge in [-0.2, -0.15) is 16.4 Å². The van der Waals surface area contributed by atoms with Crippen LogP contribution in [0.4, 0.5) is 5.69 Å². The van der Waals surface area contributed by atoms with Gasteiger partial charge in [0.25, 0.3) is 5.91 Å². The number of aromatic amines is 1. The number of nitrogens with one attached hydrogen (secondary N) is 2. The second kappa shape index (κ2) is 5.42. The van der Waals surface area contributed by atoms with Gasteiger partial charge < -0.3 is 5.32 Å². The van der Waals surface area contributed by atoms with Crippen LogP contribution in [-0.4, -0.2) is 21.1 Å². The van der Waals surface area contributed by atoms with E-state index in [1.807, 2.05) is 37.6 Å². The lowest BCUT2D eigenvalue weighted by molar-refractivity contribution is 0.102. The van der Waals surface area contributed by atoms with E-state index in [0.717, 1.165) is 33.3 Å². The molecule has 1 amide bonds. The Balaban J connectivity index is 1.89. The first-order valence-corrected chi connectivity index (χ1v) is 8.15. The molecule has 0 aliphatic heterocycles. The third kappa shape index (κ3) is 2.62. The summed E-state index contributed by atoms with van der Waals surface area (Å²) in [5, 5.41) is 14.8. The van der Waals surface area contributed by atoms with Crippen molar-refractivity contribution in [2.45, 2.75) is 20.8 Å². The highest BCUT2D eigenvalue weighted by molar-refractivity contribution is 7.17. The minimum Gasteiger partial charge on any atom is -0.318 e. The van der Waals surface area contributed by atoms with Crippen molar-refractivity contribution in [3.05, 3.63) is 38.8 Å². The van der Waals surface area contributed by atoms with E-state index in [9.17, 15) is 4.79 Å². The van der Waals surface area contributed by atoms with Crippen LogP contribution in [0.3, 0.4) is 0 Å². The van der Waals surface area contributed by atoms with Gasteiger partial charge in [0.05, 0.1) is 22.8 Å². The second-order valence-electron chi connectivity index (χ2n) is 4.71. The van der Waals surface area contributed by atoms with E-state index in [2.05, 4.69) is 20.5 Å². The molecule has 3 aromatic rings. The number of hydrogen-bond acceptors (Lipinski definition) is 5. The summed E-state index contributed by atoms with van der Waals surface area (Å²) in [7, 11) is 0. The number of nitrogens with zero attached hydrogens (tertiary/aromatic N) is 2. The summed E-state index contributed by atoms with van der Waals surface area (Å²) >= 11 is 3.03. The van der Waals surface area contributed by atoms with E-state index in [0.29, 0.717) is 4.88 Å². The summed E-state index contributed by atoms with van der Waals surface area (Å²) in [5.74, 6) is -0.140. The Hall–Kier alpha value is -1.99. The summed E-state index contributed by atoms with van der Waals surface area (Å²) in [6, 6.07) is 2.01. The number of amides is 1. The van der Waals surface area contributed by atoms with Gasteiger partial charge in [0, 0.05) is 10.9 Å². The molecule has 5 nitrogen and oxygen atoms in total. The Bertz CT molecular complexity index is 767. The van der Waals surface area contributed by atoms with Crippen molar-refractivity contribution in [2.75, 3.05) is 5.32 Å². The number of aromatic nitrogens is 3. The Morgan fingerprint density at radius 2 is 2.10 bits per heavy atom. The van der Waals surface area contributed by atoms with E-state index in [1.165, 1.54) is 11.3 Å². The molecule has 0 saturated heterocycles. The maximum atomic E-state index is 12.4. The molecule has 0 radical (unpaired) electrons. The van der Waals surface area contributed by atoms with Gasteiger partial charge in [0.2, 0.25) is 0 Å². The summed E-state index contributed by atoms with van der Waals surface area (Å²) in [6.45, 7) is 5.59. The molecule has 7 heteroatoms. The van der Waals surface area contributed by atoms with E-state index >= 15 is 0 Å². The summed E-state index contributed by atoms with van der Waals surface area (Å²) in [6.07, 6.45) is 0. The maximum Gasteiger partial charge on any atom is 0.267 e. The maximum absolute atomic E-state index is 12.4. The molecule has 0 fully saturated rings. The predicted octanol–water partition coefficient (Wildman–Crippen LogP) is 3.77. The average Bonchev–Trinajstić information content (AvgIpc) is 3.15. The number of carbonyl (C=O) groups is 1. The third-order valence-corrected chi connectivity index (χ3v) is 5.03. The average molecular weight is 318 g/mol. The molecular formula is C14H14N4OS2. The largest absolute Gasteiger partial charge is 0.318 e. The molecule has 3 aromatic heterocycles. The quantitative estimate of drug-likeness (QED) is 0.772. The van der Waals surface area contributed by atoms with Gasteiger partial charge in [-0.1, -0.05) is 0 Å². The summed E-state index contributed by atoms with van der Waals surface area (Å²) in [5.41, 5.74) is 4.17. The first kappa shape index (κ1) is 14.0. The van der Waals surface area contributed by atoms with E-state index in [1.54, 1.807) is 11.3 Å². The SMILES string of the molecule is Cc1nc(-c2ccsc2)sc1C(=O)Nc1c(C)n[nH]c1C. The molecule has 0 atom stereocenters. The zero-order valence-electron chi connectivity index (χ0n) is 11.9. The summed E-state index contributed by atoms with van der Waals surface area (Å²) in [4.78, 5) is 17.6. The monoisotopic (exact) mass is 318 g/mol. The van der Waals surface area contributed by atoms with Crippen LogP contribution in [0.5, 0.6) is 0 Å². The highest BCUT2D eigenvalue weighted by Gasteiger charge is 2.18. The molecule has 0 saturated carbocycles. The van der Waals surface area contributed by atoms with Crippen molar-refractivity contribution >= 4 is 34.3 Å². The molecule has 0 aromatic carbocycles. The first-order valence-electron chi connectivity index (χ1n) is 6.39. The van der Waals surface area contributed by atoms with Gasteiger partial charge in [0.1, 0.15) is 9.88 Å². The Labute approximate surface area is 130 Å². The molecule has 0 unspecified atom stereocenters. The van der Waals surface area contributed by atoms with Crippen LogP contribution in [0.1, 0.15) is 26.8 Å². The van der Waals surface area contributed by atoms with E-state index in [-0.39, 0.29) is 5.91 Å². The molecule has 0 bridgehead atoms. The van der Waals surface area contributed by atoms with Crippen molar-refractivity contribution in [3.63, 3.8) is 0 Å². The van der Waals surface area contributed by atoms with Gasteiger partial charge in [0.15, 0.2) is 0 Å². The zero-order valence-corrected chi connectivity index (χ0v) is 13.5. The van der Waals surface area contributed by atoms with Gasteiger partial charge >= 0.3 is 0 Å². The topological polar surface area (TPSA) is 70.7 Å². The number of anilines is 1. The molecule has 21 heavy (non-hydrogen) atoms. The fourth-order valence-electron chi connectivity index (χ4n) is 2.02. The minimum atomic E-state index is -0.140. The van der Waals surface area contributed by atoms with Crippen molar-refractivity contribution < 1.29 is 4.79 Å². The van der Waals surface area contributed by atoms with Crippen LogP contribution < -0.4 is 5.32 Å². The Morgan fingerprint density at radius 1 is 1.29 bits per heavy atom. The number of rotatable bonds is 3. The number of thiazole rings is 1. The van der Waals surface area contributed by atoms with E-state index < -0.39 is 0 Å². The van der Waals surface area contributed by atoms with Crippen molar-refractivity contribution in [2.24, 2.45) is 0 Å². The number of thiophene rings is 1. The molecule has 3 heterocycles. The van der Waals surface area contributed by atoms with Crippen LogP contribution in [0, 0.1) is 20.8 Å². The summed E-state index contributed by atoms with van der Waals surface area (Å²) < 4.78 is 0. The highest BCUT2D eigenvalue weighted by atomic mass is 32.1. The zero-order chi connectivity index (χ0) is 15.0. The lowest BCUT2D eigenvalue weighted by Crippen LogP contribution is -2.12. The number of H-pyrrole nitrogens is 1. The van der Waals surface area contributed by atoms with Crippen LogP contribution in [0.25, 0.3) is 10.6 Å². The van der Waals surface area contributed by atoms with Crippen molar-refractivity contribution in [3.8, 4) is 10.6 Å².